The second-order valence-electron chi connectivity index (χ2n) is 3.51. The summed E-state index contributed by atoms with van der Waals surface area (Å²) in [5.41, 5.74) is 8.72. The maximum atomic E-state index is 11.4. The minimum Gasteiger partial charge on any atom is -0.369 e. The minimum atomic E-state index is -0.824. The highest BCUT2D eigenvalue weighted by molar-refractivity contribution is 6.31. The molecular weight excluding hydrogens is 286 g/mol. The Morgan fingerprint density at radius 1 is 1.14 bits per heavy atom. The average molecular weight is 295 g/mol. The zero-order valence-electron chi connectivity index (χ0n) is 10.3. The van der Waals surface area contributed by atoms with E-state index in [-0.39, 0.29) is 11.6 Å². The van der Waals surface area contributed by atoms with E-state index in [9.17, 15) is 25.0 Å². The molecule has 0 aliphatic heterocycles. The number of hydrogen-bond acceptors (Lipinski definition) is 7. The van der Waals surface area contributed by atoms with E-state index >= 15 is 0 Å². The number of rotatable bonds is 5. The van der Waals surface area contributed by atoms with Gasteiger partial charge in [-0.15, -0.1) is 10.2 Å². The van der Waals surface area contributed by atoms with Crippen LogP contribution in [0.3, 0.4) is 0 Å². The van der Waals surface area contributed by atoms with Gasteiger partial charge in [-0.05, 0) is 0 Å². The topological polar surface area (TPSA) is 192 Å². The molecule has 0 atom stereocenters. The first-order chi connectivity index (χ1) is 9.79. The fourth-order valence-corrected chi connectivity index (χ4v) is 1.20. The summed E-state index contributed by atoms with van der Waals surface area (Å²) in [5.74, 6) is -1.19. The molecule has 0 saturated carbocycles. The minimum absolute atomic E-state index is 0.142. The number of nitrogens with two attached hydrogens (primary N) is 2. The number of non-ortho nitro benzene ring substituents is 2. The second-order valence-corrected chi connectivity index (χ2v) is 3.51. The normalized spacial score (nSPS) is 10.1. The van der Waals surface area contributed by atoms with Gasteiger partial charge >= 0.3 is 0 Å². The highest BCUT2D eigenvalue weighted by atomic mass is 16.6. The van der Waals surface area contributed by atoms with Gasteiger partial charge in [-0.3, -0.25) is 25.0 Å². The van der Waals surface area contributed by atoms with E-state index in [0.717, 1.165) is 18.2 Å². The summed E-state index contributed by atoms with van der Waals surface area (Å²) in [7, 11) is 0. The van der Waals surface area contributed by atoms with Crippen LogP contribution in [0, 0.1) is 20.2 Å². The lowest BCUT2D eigenvalue weighted by Gasteiger charge is -2.01. The fraction of sp³-hybridized carbons (Fsp3) is 0. The Labute approximate surface area is 116 Å². The lowest BCUT2D eigenvalue weighted by molar-refractivity contribution is -0.394. The zero-order chi connectivity index (χ0) is 16.0. The second kappa shape index (κ2) is 6.55. The van der Waals surface area contributed by atoms with Crippen LogP contribution in [0.1, 0.15) is 0 Å². The predicted molar refractivity (Wildman–Crippen MR) is 72.7 cm³/mol. The Balaban J connectivity index is 2.99. The van der Waals surface area contributed by atoms with Crippen LogP contribution < -0.4 is 16.8 Å². The number of carbonyl (C=O) groups excluding carboxylic acids is 1. The van der Waals surface area contributed by atoms with E-state index < -0.39 is 27.1 Å². The summed E-state index contributed by atoms with van der Waals surface area (Å²) in [5, 5.41) is 29.9. The molecule has 1 aromatic carbocycles. The third-order valence-electron chi connectivity index (χ3n) is 1.94. The van der Waals surface area contributed by atoms with Crippen LogP contribution in [-0.4, -0.2) is 27.9 Å². The first-order valence-corrected chi connectivity index (χ1v) is 5.16. The van der Waals surface area contributed by atoms with Crippen molar-refractivity contribution in [1.29, 1.82) is 0 Å². The van der Waals surface area contributed by atoms with Gasteiger partial charge < -0.3 is 16.8 Å². The van der Waals surface area contributed by atoms with Gasteiger partial charge in [0.1, 0.15) is 6.21 Å². The number of nitrogens with zero attached hydrogens (tertiary/aromatic N) is 4. The van der Waals surface area contributed by atoms with Crippen LogP contribution in [-0.2, 0) is 4.79 Å². The highest BCUT2D eigenvalue weighted by Gasteiger charge is 2.17. The molecule has 0 aliphatic rings. The van der Waals surface area contributed by atoms with Crippen LogP contribution in [0.15, 0.2) is 28.4 Å². The Kier molecular flexibility index (Phi) is 4.83. The smallest absolute Gasteiger partial charge is 0.278 e. The molecule has 5 N–H and O–H groups in total. The van der Waals surface area contributed by atoms with Crippen LogP contribution in [0.25, 0.3) is 0 Å². The summed E-state index contributed by atoms with van der Waals surface area (Å²) >= 11 is 0. The van der Waals surface area contributed by atoms with Gasteiger partial charge in [0.25, 0.3) is 17.3 Å². The third-order valence-corrected chi connectivity index (χ3v) is 1.94. The SMILES string of the molecule is NC(N)=N/N=C/C(=O)Nc1cc([N+](=O)[O-])cc([N+](=O)[O-])c1. The molecule has 12 heteroatoms. The Bertz CT molecular complexity index is 618. The van der Waals surface area contributed by atoms with E-state index in [4.69, 9.17) is 11.5 Å². The van der Waals surface area contributed by atoms with Crippen LogP contribution in [0.4, 0.5) is 17.1 Å². The van der Waals surface area contributed by atoms with Gasteiger partial charge in [0.05, 0.1) is 21.6 Å². The first-order valence-electron chi connectivity index (χ1n) is 5.16. The van der Waals surface area contributed by atoms with Gasteiger partial charge in [-0.25, -0.2) is 0 Å². The summed E-state index contributed by atoms with van der Waals surface area (Å²) in [6.07, 6.45) is 0.699. The maximum absolute atomic E-state index is 11.4. The first kappa shape index (κ1) is 15.5. The van der Waals surface area contributed by atoms with E-state index in [1.54, 1.807) is 0 Å². The predicted octanol–water partition coefficient (Wildman–Crippen LogP) is -0.299. The summed E-state index contributed by atoms with van der Waals surface area (Å²) in [6, 6.07) is 2.68. The molecule has 0 unspecified atom stereocenters. The number of anilines is 1. The average Bonchev–Trinajstić information content (AvgIpc) is 2.37. The Hall–Kier alpha value is -3.57. The number of nitro benzene ring substituents is 2. The molecule has 21 heavy (non-hydrogen) atoms. The van der Waals surface area contributed by atoms with Crippen LogP contribution in [0.2, 0.25) is 0 Å². The molecule has 0 spiro atoms. The van der Waals surface area contributed by atoms with Crippen molar-refractivity contribution in [2.24, 2.45) is 21.7 Å². The van der Waals surface area contributed by atoms with Gasteiger partial charge in [0.2, 0.25) is 5.96 Å². The molecule has 0 aromatic heterocycles. The number of carbonyl (C=O) groups is 1. The quantitative estimate of drug-likeness (QED) is 0.287. The molecule has 0 heterocycles. The van der Waals surface area contributed by atoms with Crippen molar-refractivity contribution in [2.75, 3.05) is 5.32 Å². The Morgan fingerprint density at radius 2 is 1.67 bits per heavy atom. The van der Waals surface area contributed by atoms with E-state index in [1.165, 1.54) is 0 Å². The van der Waals surface area contributed by atoms with Crippen LogP contribution >= 0.6 is 0 Å². The number of nitro groups is 2. The lowest BCUT2D eigenvalue weighted by Crippen LogP contribution is -2.22. The van der Waals surface area contributed by atoms with Gasteiger partial charge in [0.15, 0.2) is 0 Å². The largest absolute Gasteiger partial charge is 0.369 e. The molecule has 0 bridgehead atoms. The number of benzene rings is 1. The standard InChI is InChI=1S/C9H9N7O5/c10-9(11)14-12-4-8(17)13-5-1-6(15(18)19)3-7(2-5)16(20)21/h1-4H,(H,13,17)(H4,10,11,14)/b12-4+. The monoisotopic (exact) mass is 295 g/mol. The summed E-state index contributed by atoms with van der Waals surface area (Å²) in [4.78, 5) is 31.1. The molecule has 110 valence electrons. The van der Waals surface area contributed by atoms with Crippen molar-refractivity contribution in [3.8, 4) is 0 Å². The number of guanidine groups is 1. The lowest BCUT2D eigenvalue weighted by atomic mass is 10.2. The number of amides is 1. The zero-order valence-corrected chi connectivity index (χ0v) is 10.3. The molecule has 1 rings (SSSR count). The summed E-state index contributed by atoms with van der Waals surface area (Å²) < 4.78 is 0. The van der Waals surface area contributed by atoms with E-state index in [2.05, 4.69) is 15.5 Å². The third kappa shape index (κ3) is 4.90. The van der Waals surface area contributed by atoms with Crippen molar-refractivity contribution in [2.45, 2.75) is 0 Å². The van der Waals surface area contributed by atoms with E-state index in [0.29, 0.717) is 6.21 Å². The summed E-state index contributed by atoms with van der Waals surface area (Å²) in [6.45, 7) is 0. The highest BCUT2D eigenvalue weighted by Crippen LogP contribution is 2.25. The van der Waals surface area contributed by atoms with Crippen molar-refractivity contribution < 1.29 is 14.6 Å². The maximum Gasteiger partial charge on any atom is 0.278 e. The molecule has 1 amide bonds. The van der Waals surface area contributed by atoms with Crippen molar-refractivity contribution in [3.63, 3.8) is 0 Å². The van der Waals surface area contributed by atoms with Crippen molar-refractivity contribution >= 4 is 35.1 Å². The molecule has 0 aliphatic carbocycles. The molecule has 0 radical (unpaired) electrons. The van der Waals surface area contributed by atoms with Gasteiger partial charge in [0, 0.05) is 12.1 Å². The van der Waals surface area contributed by atoms with Gasteiger partial charge in [-0.1, -0.05) is 0 Å². The number of hydrogen-bond donors (Lipinski definition) is 3. The molecule has 0 saturated heterocycles. The van der Waals surface area contributed by atoms with E-state index in [1.807, 2.05) is 0 Å². The molecular formula is C9H9N7O5. The Morgan fingerprint density at radius 3 is 2.10 bits per heavy atom. The molecule has 0 fully saturated rings. The number of nitrogens with one attached hydrogen (secondary N) is 1. The van der Waals surface area contributed by atoms with Gasteiger partial charge in [-0.2, -0.15) is 0 Å². The molecule has 12 nitrogen and oxygen atoms in total. The molecule has 1 aromatic rings. The van der Waals surface area contributed by atoms with Crippen LogP contribution in [0.5, 0.6) is 0 Å². The van der Waals surface area contributed by atoms with Crippen molar-refractivity contribution in [1.82, 2.24) is 0 Å². The van der Waals surface area contributed by atoms with Crippen molar-refractivity contribution in [3.05, 3.63) is 38.4 Å². The fourth-order valence-electron chi connectivity index (χ4n) is 1.20.